The molecule has 0 amide bonds. The van der Waals surface area contributed by atoms with Crippen molar-refractivity contribution in [2.75, 3.05) is 211 Å². The molecule has 0 aromatic rings. The third-order valence-electron chi connectivity index (χ3n) is 14.2. The number of hydrogen-bond donors (Lipinski definition) is 3. The molecule has 0 radical (unpaired) electrons. The summed E-state index contributed by atoms with van der Waals surface area (Å²) in [6.07, 6.45) is 3.78. The van der Waals surface area contributed by atoms with Crippen LogP contribution in [0.5, 0.6) is 0 Å². The molecule has 0 aliphatic carbocycles. The van der Waals surface area contributed by atoms with Gasteiger partial charge in [-0.1, -0.05) is 42.2 Å². The van der Waals surface area contributed by atoms with E-state index in [0.29, 0.717) is 13.1 Å². The summed E-state index contributed by atoms with van der Waals surface area (Å²) in [5, 5.41) is 39.1. The average Bonchev–Trinajstić information content (AvgIpc) is 0.869. The number of rotatable bonds is 54. The number of quaternary nitrogens is 3. The zero-order chi connectivity index (χ0) is 94.5. The van der Waals surface area contributed by atoms with Gasteiger partial charge in [-0.25, -0.2) is 19.2 Å². The Bertz CT molecular complexity index is 3250. The van der Waals surface area contributed by atoms with Gasteiger partial charge in [0.15, 0.2) is 0 Å². The van der Waals surface area contributed by atoms with Crippen molar-refractivity contribution in [2.45, 2.75) is 158 Å². The molecule has 2 atom stereocenters. The number of aliphatic carboxylic acids is 3. The second kappa shape index (κ2) is 64.5. The molecular formula is C80H137BrN8O32. The molecule has 0 aliphatic rings. The summed E-state index contributed by atoms with van der Waals surface area (Å²) >= 11 is 2.99. The molecule has 0 saturated heterocycles. The Morgan fingerprint density at radius 1 is 0.347 bits per heavy atom. The van der Waals surface area contributed by atoms with E-state index in [1.165, 1.54) is 0 Å². The lowest BCUT2D eigenvalue weighted by atomic mass is 10.2. The lowest BCUT2D eigenvalue weighted by molar-refractivity contribution is -0.904. The van der Waals surface area contributed by atoms with Crippen LogP contribution in [0.15, 0.2) is 50.6 Å². The lowest BCUT2D eigenvalue weighted by Gasteiger charge is -2.35. The Morgan fingerprint density at radius 3 is 0.942 bits per heavy atom. The van der Waals surface area contributed by atoms with Crippen molar-refractivity contribution in [3.63, 3.8) is 0 Å². The van der Waals surface area contributed by atoms with Crippen molar-refractivity contribution < 1.29 is 167 Å². The molecule has 0 saturated carbocycles. The number of nitrogens with two attached hydrogens (primary N) is 1. The molecule has 0 fully saturated rings. The van der Waals surface area contributed by atoms with E-state index in [2.05, 4.69) is 57.6 Å². The third-order valence-corrected chi connectivity index (χ3v) is 14.6. The van der Waals surface area contributed by atoms with Crippen LogP contribution in [0.1, 0.15) is 130 Å². The summed E-state index contributed by atoms with van der Waals surface area (Å²) in [7, 11) is 6.39. The SMILES string of the molecule is C=CC(=O)OCCN.C=CC(=O)OCCN(CCC(=O)OCCN(CCC(=O)OCCNCC(=O)OC(C)(C)C)CC(=O)OC(C)(C)C)CC(=O)OC(C)(C)C.C=CC(=O)OCCNCC(=O)OC(C)(C)C.C=CC(=O)OCC[N+](C)(CCC(=O)OCC[N+](C)(CCC(=O)OCC[N+](C)(C)CC(=O)[O-])CC(=O)[O-])CC(=O)[O-].CC(C)(C)OC(=O)CBr. The topological polar surface area (TPSA) is 519 Å². The van der Waals surface area contributed by atoms with E-state index in [4.69, 9.17) is 62.6 Å². The minimum absolute atomic E-state index is 0.0205. The molecule has 4 N–H and O–H groups in total. The van der Waals surface area contributed by atoms with Crippen molar-refractivity contribution in [1.82, 2.24) is 20.4 Å². The molecule has 2 unspecified atom stereocenters. The number of hydrogen-bond acceptors (Lipinski definition) is 37. The highest BCUT2D eigenvalue weighted by atomic mass is 79.9. The summed E-state index contributed by atoms with van der Waals surface area (Å²) < 4.78 is 65.6. The van der Waals surface area contributed by atoms with E-state index in [1.54, 1.807) is 121 Å². The van der Waals surface area contributed by atoms with E-state index < -0.39 is 119 Å². The Morgan fingerprint density at radius 2 is 0.620 bits per heavy atom. The smallest absolute Gasteiger partial charge is 0.330 e. The van der Waals surface area contributed by atoms with Gasteiger partial charge in [0.25, 0.3) is 0 Å². The second-order valence-electron chi connectivity index (χ2n) is 32.5. The van der Waals surface area contributed by atoms with Crippen molar-refractivity contribution in [3.05, 3.63) is 50.6 Å². The van der Waals surface area contributed by atoms with Crippen molar-refractivity contribution in [3.8, 4) is 0 Å². The number of ether oxygens (including phenoxy) is 13. The summed E-state index contributed by atoms with van der Waals surface area (Å²) in [4.78, 5) is 187. The molecule has 0 spiro atoms. The Kier molecular flexibility index (Phi) is 64.0. The fraction of sp³-hybridized carbons (Fsp3) is 0.700. The van der Waals surface area contributed by atoms with E-state index in [0.717, 1.165) is 24.3 Å². The molecule has 0 aromatic carbocycles. The Labute approximate surface area is 720 Å². The van der Waals surface area contributed by atoms with Crippen molar-refractivity contribution >= 4 is 111 Å². The van der Waals surface area contributed by atoms with Gasteiger partial charge < -0.3 is 121 Å². The van der Waals surface area contributed by atoms with Crippen LogP contribution in [0.2, 0.25) is 0 Å². The number of alkyl halides is 1. The maximum Gasteiger partial charge on any atom is 0.330 e. The molecule has 41 heteroatoms. The highest BCUT2D eigenvalue weighted by Crippen LogP contribution is 2.14. The van der Waals surface area contributed by atoms with Gasteiger partial charge in [0, 0.05) is 70.1 Å². The summed E-state index contributed by atoms with van der Waals surface area (Å²) in [6.45, 7) is 40.6. The molecule has 0 rings (SSSR count). The highest BCUT2D eigenvalue weighted by Gasteiger charge is 2.29. The highest BCUT2D eigenvalue weighted by molar-refractivity contribution is 9.09. The van der Waals surface area contributed by atoms with Gasteiger partial charge in [-0.05, 0) is 104 Å². The molecule has 0 bridgehead atoms. The first-order valence-corrected chi connectivity index (χ1v) is 39.8. The maximum absolute atomic E-state index is 12.5. The van der Waals surface area contributed by atoms with Crippen LogP contribution in [0.4, 0.5) is 0 Å². The number of carbonyl (C=O) groups is 16. The van der Waals surface area contributed by atoms with Gasteiger partial charge >= 0.3 is 77.6 Å². The molecule has 0 aromatic heterocycles. The number of likely N-dealkylation sites (N-methyl/N-ethyl adjacent to an activating group) is 3. The zero-order valence-corrected chi connectivity index (χ0v) is 76.1. The van der Waals surface area contributed by atoms with Crippen LogP contribution in [0, 0.1) is 0 Å². The molecular weight excluding hydrogens is 1660 g/mol. The third kappa shape index (κ3) is 85.4. The predicted octanol–water partition coefficient (Wildman–Crippen LogP) is -1.35. The number of nitrogens with zero attached hydrogens (tertiary/aromatic N) is 5. The van der Waals surface area contributed by atoms with E-state index >= 15 is 0 Å². The van der Waals surface area contributed by atoms with Gasteiger partial charge in [-0.3, -0.25) is 53.0 Å². The average molecular weight is 1800 g/mol. The first kappa shape index (κ1) is 120. The standard InChI is InChI=1S/C33H57N3O12.C25H41N3O12.C11H19NO4.C6H11BrO2.C5H9NO2/c1-11-25(37)44-20-17-35(23-29(41)47-32(5,6)7)16-13-27(39)45-21-18-36(24-30(42)48-33(8,9)10)15-12-26(38)43-19-14-34-22-28(40)46-31(2,3)4;1-6-23(35)38-15-12-27(4,18-21(31)32)10-8-25(37)40-16-13-28(5,19-22(33)34)9-7-24(36)39-14-11-26(2,3)17-20(29)30;1-5-9(13)15-7-6-12-8-10(14)16-11(2,3)4;1-6(2,3)9-5(8)4-7;1-2-5(7)8-4-3-6/h11,34H,1,12-24H2,2-10H3;6H,1,7-19H2,2-5H3;5,12H,1,6-8H2,2-4H3;4H2,1-3H3;2H,1,3-4,6H2. The summed E-state index contributed by atoms with van der Waals surface area (Å²) in [6, 6.07) is 0. The van der Waals surface area contributed by atoms with Gasteiger partial charge in [-0.15, -0.1) is 0 Å². The maximum atomic E-state index is 12.5. The zero-order valence-electron chi connectivity index (χ0n) is 74.5. The van der Waals surface area contributed by atoms with Gasteiger partial charge in [0.2, 0.25) is 0 Å². The van der Waals surface area contributed by atoms with Crippen LogP contribution in [0.25, 0.3) is 0 Å². The molecule has 0 heterocycles. The first-order valence-electron chi connectivity index (χ1n) is 38.7. The fourth-order valence-corrected chi connectivity index (χ4v) is 8.95. The summed E-state index contributed by atoms with van der Waals surface area (Å²) in [5.41, 5.74) is 2.18. The minimum atomic E-state index is -1.36. The first-order chi connectivity index (χ1) is 55.6. The quantitative estimate of drug-likeness (QED) is 0.0158. The normalized spacial score (nSPS) is 12.2. The van der Waals surface area contributed by atoms with Crippen LogP contribution < -0.4 is 31.7 Å². The van der Waals surface area contributed by atoms with Gasteiger partial charge in [-0.2, -0.15) is 0 Å². The van der Waals surface area contributed by atoms with Crippen LogP contribution in [-0.4, -0.2) is 357 Å². The molecule has 40 nitrogen and oxygen atoms in total. The number of carboxylic acid groups (broad SMARTS) is 3. The van der Waals surface area contributed by atoms with Crippen molar-refractivity contribution in [2.24, 2.45) is 5.73 Å². The van der Waals surface area contributed by atoms with E-state index in [-0.39, 0.29) is 213 Å². The molecule has 696 valence electrons. The largest absolute Gasteiger partial charge is 0.544 e. The van der Waals surface area contributed by atoms with Gasteiger partial charge in [0.1, 0.15) is 125 Å². The minimum Gasteiger partial charge on any atom is -0.544 e. The lowest BCUT2D eigenvalue weighted by Crippen LogP contribution is -2.54. The van der Waals surface area contributed by atoms with E-state index in [9.17, 15) is 92.0 Å². The number of nitrogens with one attached hydrogen (secondary N) is 2. The second-order valence-corrected chi connectivity index (χ2v) is 33.1. The number of halogens is 1. The van der Waals surface area contributed by atoms with Gasteiger partial charge in [0.05, 0.1) is 111 Å². The predicted molar refractivity (Wildman–Crippen MR) is 436 cm³/mol. The van der Waals surface area contributed by atoms with E-state index in [1.807, 2.05) is 20.8 Å². The van der Waals surface area contributed by atoms with Crippen LogP contribution >= 0.6 is 15.9 Å². The monoisotopic (exact) mass is 1800 g/mol. The number of carboxylic acids is 3. The Balaban J connectivity index is -0.000000542. The summed E-state index contributed by atoms with van der Waals surface area (Å²) in [5.74, 6) is -10.4. The molecule has 0 aliphatic heterocycles. The number of carbonyl (C=O) groups excluding carboxylic acids is 16. The van der Waals surface area contributed by atoms with Crippen LogP contribution in [-0.2, 0) is 138 Å². The molecule has 121 heavy (non-hydrogen) atoms. The number of esters is 13. The van der Waals surface area contributed by atoms with Crippen molar-refractivity contribution in [1.29, 1.82) is 0 Å². The van der Waals surface area contributed by atoms with Crippen LogP contribution in [0.3, 0.4) is 0 Å². The Hall–Kier alpha value is -9.36. The fourth-order valence-electron chi connectivity index (χ4n) is 8.83.